The molecule has 2 N–H and O–H groups in total. The third-order valence-corrected chi connectivity index (χ3v) is 8.00. The van der Waals surface area contributed by atoms with Gasteiger partial charge >= 0.3 is 0 Å². The lowest BCUT2D eigenvalue weighted by atomic mass is 9.91. The number of aliphatic hydroxyl groups excluding tert-OH is 1. The number of rotatable bonds is 9. The molecule has 2 aliphatic rings. The molecule has 0 aromatic heterocycles. The van der Waals surface area contributed by atoms with Gasteiger partial charge in [0.25, 0.3) is 0 Å². The molecule has 0 saturated carbocycles. The molecule has 8 heteroatoms. The summed E-state index contributed by atoms with van der Waals surface area (Å²) in [5.41, 5.74) is 2.23. The maximum Gasteiger partial charge on any atom is 0.221 e. The van der Waals surface area contributed by atoms with E-state index in [1.807, 2.05) is 31.5 Å². The molecular formula is C25H38FN2O4S-. The first-order chi connectivity index (χ1) is 15.8. The van der Waals surface area contributed by atoms with Crippen molar-refractivity contribution in [3.63, 3.8) is 0 Å². The minimum absolute atomic E-state index is 0.0119. The second-order valence-corrected chi connectivity index (χ2v) is 10.9. The molecule has 1 fully saturated rings. The van der Waals surface area contributed by atoms with Crippen molar-refractivity contribution in [1.82, 2.24) is 10.2 Å². The predicted molar refractivity (Wildman–Crippen MR) is 130 cm³/mol. The summed E-state index contributed by atoms with van der Waals surface area (Å²) >= 11 is 0. The molecular weight excluding hydrogens is 443 g/mol. The molecule has 1 saturated heterocycles. The van der Waals surface area contributed by atoms with Crippen molar-refractivity contribution in [3.8, 4) is 0 Å². The number of ether oxygens (including phenoxy) is 1. The number of nitrogens with one attached hydrogen (secondary N) is 1. The van der Waals surface area contributed by atoms with Gasteiger partial charge in [0, 0.05) is 25.4 Å². The lowest BCUT2D eigenvalue weighted by molar-refractivity contribution is -0.173. The number of carbonyl (C=O) groups excluding carboxylic acids is 1. The van der Waals surface area contributed by atoms with E-state index in [-0.39, 0.29) is 24.5 Å². The van der Waals surface area contributed by atoms with Gasteiger partial charge in [-0.15, -0.1) is 5.75 Å². The van der Waals surface area contributed by atoms with E-state index in [0.717, 1.165) is 31.2 Å². The molecule has 1 aromatic carbocycles. The van der Waals surface area contributed by atoms with Crippen LogP contribution in [0.25, 0.3) is 0 Å². The maximum absolute atomic E-state index is 13.6. The van der Waals surface area contributed by atoms with Gasteiger partial charge in [0.1, 0.15) is 6.67 Å². The first-order valence-corrected chi connectivity index (χ1v) is 13.4. The second-order valence-electron chi connectivity index (χ2n) is 9.44. The zero-order chi connectivity index (χ0) is 23.8. The van der Waals surface area contributed by atoms with E-state index in [9.17, 15) is 18.5 Å². The molecule has 5 atom stereocenters. The van der Waals surface area contributed by atoms with Crippen LogP contribution in [0.4, 0.5) is 4.39 Å². The summed E-state index contributed by atoms with van der Waals surface area (Å²) < 4.78 is 30.7. The fourth-order valence-corrected chi connectivity index (χ4v) is 5.87. The maximum atomic E-state index is 13.6. The Balaban J connectivity index is 1.44. The Hall–Kier alpha value is -1.48. The highest BCUT2D eigenvalue weighted by Crippen LogP contribution is 2.27. The van der Waals surface area contributed by atoms with Gasteiger partial charge in [-0.05, 0) is 50.3 Å². The topological polar surface area (TPSA) is 78.9 Å². The number of carbonyl (C=O) groups is 1. The molecule has 0 bridgehead atoms. The summed E-state index contributed by atoms with van der Waals surface area (Å²) in [4.78, 5) is 14.5. The molecule has 1 aromatic rings. The van der Waals surface area contributed by atoms with Crippen LogP contribution < -0.4 is 5.32 Å². The van der Waals surface area contributed by atoms with Crippen molar-refractivity contribution in [2.24, 2.45) is 0 Å². The van der Waals surface area contributed by atoms with Crippen molar-refractivity contribution in [3.05, 3.63) is 35.4 Å². The molecule has 2 aliphatic heterocycles. The van der Waals surface area contributed by atoms with E-state index in [1.165, 1.54) is 5.56 Å². The molecule has 6 nitrogen and oxygen atoms in total. The van der Waals surface area contributed by atoms with E-state index >= 15 is 0 Å². The van der Waals surface area contributed by atoms with Gasteiger partial charge < -0.3 is 24.3 Å². The van der Waals surface area contributed by atoms with E-state index in [0.29, 0.717) is 31.1 Å². The number of amides is 1. The van der Waals surface area contributed by atoms with Crippen molar-refractivity contribution in [2.75, 3.05) is 26.0 Å². The van der Waals surface area contributed by atoms with Gasteiger partial charge in [0.15, 0.2) is 6.29 Å². The van der Waals surface area contributed by atoms with Crippen molar-refractivity contribution in [2.45, 2.75) is 82.3 Å². The third-order valence-electron chi connectivity index (χ3n) is 6.75. The Morgan fingerprint density at radius 3 is 2.76 bits per heavy atom. The second kappa shape index (κ2) is 12.8. The monoisotopic (exact) mass is 481 g/mol. The molecule has 0 spiro atoms. The molecule has 33 heavy (non-hydrogen) atoms. The zero-order valence-corrected chi connectivity index (χ0v) is 20.6. The number of halogens is 1. The summed E-state index contributed by atoms with van der Waals surface area (Å²) in [5.74, 6) is 0.964. The molecule has 2 heterocycles. The molecule has 0 aliphatic carbocycles. The van der Waals surface area contributed by atoms with Crippen LogP contribution in [0.5, 0.6) is 0 Å². The molecule has 3 rings (SSSR count). The average molecular weight is 482 g/mol. The summed E-state index contributed by atoms with van der Waals surface area (Å²) in [6.07, 6.45) is 4.11. The van der Waals surface area contributed by atoms with Crippen LogP contribution in [0.1, 0.15) is 62.5 Å². The van der Waals surface area contributed by atoms with E-state index in [4.69, 9.17) is 4.74 Å². The van der Waals surface area contributed by atoms with Gasteiger partial charge in [-0.1, -0.05) is 37.1 Å². The molecule has 4 unspecified atom stereocenters. The Bertz CT molecular complexity index is 833. The van der Waals surface area contributed by atoms with E-state index < -0.39 is 29.4 Å². The van der Waals surface area contributed by atoms with Gasteiger partial charge in [-0.2, -0.15) is 5.37 Å². The van der Waals surface area contributed by atoms with Gasteiger partial charge in [0.2, 0.25) is 5.91 Å². The van der Waals surface area contributed by atoms with Crippen LogP contribution in [0.3, 0.4) is 0 Å². The van der Waals surface area contributed by atoms with Gasteiger partial charge in [-0.3, -0.25) is 15.2 Å². The van der Waals surface area contributed by atoms with E-state index in [2.05, 4.69) is 22.3 Å². The van der Waals surface area contributed by atoms with Crippen molar-refractivity contribution < 1.29 is 23.2 Å². The first kappa shape index (κ1) is 26.1. The zero-order valence-electron chi connectivity index (χ0n) is 19.7. The standard InChI is InChI=1S/C25H38FN2O4S/c1-18-14-23(16-25(30)32-18)28(2)11-9-24(29)27-22(17-26)15-19-5-7-21(8-6-19)20-4-3-12-33(31)13-10-20/h5-8,12,18,20,22-23,25,30H,3-4,9-11,13-17H2,1-2H3,(H,27,29)/q-1/t18?,20?,22-,23?,25?/m0/s1. The highest BCUT2D eigenvalue weighted by atomic mass is 32.2. The largest absolute Gasteiger partial charge is 0.461 e. The lowest BCUT2D eigenvalue weighted by Crippen LogP contribution is -2.45. The van der Waals surface area contributed by atoms with Crippen molar-refractivity contribution in [1.29, 1.82) is 0 Å². The Morgan fingerprint density at radius 2 is 2.06 bits per heavy atom. The fourth-order valence-electron chi connectivity index (χ4n) is 4.79. The normalized spacial score (nSPS) is 27.5. The van der Waals surface area contributed by atoms with E-state index in [1.54, 1.807) is 0 Å². The Labute approximate surface area is 198 Å². The molecule has 1 amide bonds. The number of nitrogens with zero attached hydrogens (tertiary/aromatic N) is 1. The molecule has 0 radical (unpaired) electrons. The minimum Gasteiger partial charge on any atom is -0.461 e. The number of alkyl halides is 1. The Kier molecular flexibility index (Phi) is 10.2. The summed E-state index contributed by atoms with van der Waals surface area (Å²) in [6.45, 7) is 1.87. The number of hydrogen-bond donors (Lipinski definition) is 2. The highest BCUT2D eigenvalue weighted by Gasteiger charge is 2.28. The first-order valence-electron chi connectivity index (χ1n) is 12.0. The quantitative estimate of drug-likeness (QED) is 0.419. The highest BCUT2D eigenvalue weighted by molar-refractivity contribution is 7.83. The summed E-state index contributed by atoms with van der Waals surface area (Å²) in [5, 5.41) is 14.5. The van der Waals surface area contributed by atoms with Gasteiger partial charge in [0.05, 0.1) is 12.1 Å². The van der Waals surface area contributed by atoms with Crippen LogP contribution in [0.15, 0.2) is 24.3 Å². The summed E-state index contributed by atoms with van der Waals surface area (Å²) in [7, 11) is 1.14. The average Bonchev–Trinajstić information content (AvgIpc) is 3.01. The van der Waals surface area contributed by atoms with Gasteiger partial charge in [-0.25, -0.2) is 4.39 Å². The van der Waals surface area contributed by atoms with Crippen molar-refractivity contribution >= 4 is 21.7 Å². The Morgan fingerprint density at radius 1 is 1.30 bits per heavy atom. The third kappa shape index (κ3) is 8.35. The number of aliphatic hydroxyl groups is 1. The minimum atomic E-state index is -0.808. The lowest BCUT2D eigenvalue weighted by Gasteiger charge is -2.36. The number of benzene rings is 1. The van der Waals surface area contributed by atoms with Crippen LogP contribution >= 0.6 is 0 Å². The smallest absolute Gasteiger partial charge is 0.221 e. The van der Waals surface area contributed by atoms with Crippen LogP contribution in [0, 0.1) is 0 Å². The summed E-state index contributed by atoms with van der Waals surface area (Å²) in [6, 6.07) is 7.82. The number of hydrogen-bond acceptors (Lipinski definition) is 6. The fraction of sp³-hybridized carbons (Fsp3) is 0.680. The van der Waals surface area contributed by atoms with Crippen LogP contribution in [-0.4, -0.2) is 71.8 Å². The predicted octanol–water partition coefficient (Wildman–Crippen LogP) is 2.92. The molecule has 186 valence electrons. The SMILES string of the molecule is CC1CC(N(C)CCC(=O)N[C@H](CF)Cc2ccc(C3CCC=[S-](=O)CC3)cc2)CC(O)O1. The van der Waals surface area contributed by atoms with Crippen LogP contribution in [-0.2, 0) is 30.5 Å². The van der Waals surface area contributed by atoms with Crippen LogP contribution in [0.2, 0.25) is 0 Å².